The molecule has 0 unspecified atom stereocenters. The Labute approximate surface area is 261 Å². The van der Waals surface area contributed by atoms with E-state index in [1.54, 1.807) is 0 Å². The number of ether oxygens (including phenoxy) is 3. The van der Waals surface area contributed by atoms with E-state index in [0.29, 0.717) is 19.3 Å². The van der Waals surface area contributed by atoms with Gasteiger partial charge in [-0.2, -0.15) is 0 Å². The topological polar surface area (TPSA) is 169 Å². The van der Waals surface area contributed by atoms with Gasteiger partial charge in [-0.05, 0) is 71.7 Å². The number of rotatable bonds is 8. The van der Waals surface area contributed by atoms with Gasteiger partial charge < -0.3 is 50.0 Å². The van der Waals surface area contributed by atoms with Gasteiger partial charge in [-0.1, -0.05) is 52.8 Å². The summed E-state index contributed by atoms with van der Waals surface area (Å²) in [5.74, 6) is -0.895. The highest BCUT2D eigenvalue weighted by atomic mass is 16.7. The van der Waals surface area contributed by atoms with Crippen LogP contribution in [-0.4, -0.2) is 111 Å². The second kappa shape index (κ2) is 12.6. The molecule has 1 heterocycles. The summed E-state index contributed by atoms with van der Waals surface area (Å²) in [4.78, 5) is 0. The molecule has 5 aliphatic rings. The van der Waals surface area contributed by atoms with Crippen LogP contribution in [0.4, 0.5) is 0 Å². The minimum absolute atomic E-state index is 0.0589. The monoisotopic (exact) mass is 624 g/mol. The molecule has 0 radical (unpaired) electrons. The second-order valence-corrected chi connectivity index (χ2v) is 15.3. The third-order valence-corrected chi connectivity index (χ3v) is 12.7. The molecular weight excluding hydrogens is 568 g/mol. The molecule has 0 aromatic carbocycles. The Morgan fingerprint density at radius 2 is 1.70 bits per heavy atom. The summed E-state index contributed by atoms with van der Waals surface area (Å²) in [6.45, 7) is 10.3. The van der Waals surface area contributed by atoms with Crippen molar-refractivity contribution in [3.8, 4) is 0 Å². The third-order valence-electron chi connectivity index (χ3n) is 12.7. The molecule has 4 aliphatic carbocycles. The van der Waals surface area contributed by atoms with E-state index in [4.69, 9.17) is 14.2 Å². The van der Waals surface area contributed by atoms with Crippen LogP contribution in [0.3, 0.4) is 0 Å². The van der Waals surface area contributed by atoms with Gasteiger partial charge >= 0.3 is 0 Å². The van der Waals surface area contributed by atoms with Gasteiger partial charge in [0.2, 0.25) is 0 Å². The molecule has 1 saturated heterocycles. The Morgan fingerprint density at radius 1 is 1.00 bits per heavy atom. The first-order valence-electron chi connectivity index (χ1n) is 16.6. The first-order valence-corrected chi connectivity index (χ1v) is 16.6. The minimum atomic E-state index is -1.38. The van der Waals surface area contributed by atoms with Gasteiger partial charge in [-0.25, -0.2) is 0 Å². The first-order chi connectivity index (χ1) is 20.6. The normalized spacial score (nSPS) is 51.2. The highest BCUT2D eigenvalue weighted by molar-refractivity contribution is 5.33. The Morgan fingerprint density at radius 3 is 2.36 bits per heavy atom. The highest BCUT2D eigenvalue weighted by Crippen LogP contribution is 2.69. The van der Waals surface area contributed by atoms with Gasteiger partial charge in [-0.3, -0.25) is 0 Å². The molecule has 10 heteroatoms. The fraction of sp³-hybridized carbons (Fsp3) is 0.882. The molecule has 0 aromatic rings. The van der Waals surface area contributed by atoms with Crippen LogP contribution in [0.25, 0.3) is 0 Å². The zero-order chi connectivity index (χ0) is 32.4. The Balaban J connectivity index is 1.39. The highest BCUT2D eigenvalue weighted by Gasteiger charge is 2.72. The summed E-state index contributed by atoms with van der Waals surface area (Å²) in [7, 11) is 1.43. The molecule has 4 fully saturated rings. The van der Waals surface area contributed by atoms with E-state index >= 15 is 0 Å². The second-order valence-electron chi connectivity index (χ2n) is 15.3. The van der Waals surface area contributed by atoms with Crippen molar-refractivity contribution < 1.29 is 50.0 Å². The Bertz CT molecular complexity index is 1080. The molecule has 0 spiro atoms. The maximum atomic E-state index is 12.6. The summed E-state index contributed by atoms with van der Waals surface area (Å²) in [5, 5.41) is 77.3. The van der Waals surface area contributed by atoms with Crippen molar-refractivity contribution in [1.29, 1.82) is 0 Å². The first kappa shape index (κ1) is 34.4. The predicted octanol–water partition coefficient (Wildman–Crippen LogP) is 1.53. The average Bonchev–Trinajstić information content (AvgIpc) is 3.18. The van der Waals surface area contributed by atoms with E-state index in [2.05, 4.69) is 39.8 Å². The quantitative estimate of drug-likeness (QED) is 0.197. The number of methoxy groups -OCH3 is 1. The summed E-state index contributed by atoms with van der Waals surface area (Å²) < 4.78 is 17.2. The van der Waals surface area contributed by atoms with Gasteiger partial charge in [0.25, 0.3) is 0 Å². The van der Waals surface area contributed by atoms with Crippen molar-refractivity contribution in [2.24, 2.45) is 46.3 Å². The lowest BCUT2D eigenvalue weighted by molar-refractivity contribution is -0.285. The summed E-state index contributed by atoms with van der Waals surface area (Å²) >= 11 is 0. The Kier molecular flexibility index (Phi) is 9.85. The minimum Gasteiger partial charge on any atom is -0.396 e. The zero-order valence-corrected chi connectivity index (χ0v) is 27.1. The SMILES string of the molecule is CO[C@H]1[C@H](O[C@@H]2C=C3[C@H](O)C[C@@]4(O)[C@@H]5[C@@H](O)[C@H](O)[C@H]([C@H](C)/C=C/[C@@H](C)[C@H](C)CO)[C@@]5(C)CC[C@@H]4[C@@]3(C)CC2)OC[C@@H](O)[C@@H]1O. The molecule has 0 amide bonds. The standard InChI is InChI=1S/C34H56O10/c1-17(19(3)15-35)7-8-18(2)25-27(39)28(40)30-33(25,5)12-10-24-32(4)11-9-20(13-21(32)22(36)14-34(24,30)41)44-31-29(42-6)26(38)23(37)16-43-31/h7-8,13,17-20,22-31,35-41H,9-12,14-16H2,1-6H3/b8-7+/t17-,18-,19-,20+,22-,23-,24-,25+,26+,27-,28+,29-,30-,31+,32+,33-,34+/m1/s1. The molecule has 5 rings (SSSR count). The summed E-state index contributed by atoms with van der Waals surface area (Å²) in [6.07, 6.45) is 1.36. The van der Waals surface area contributed by atoms with E-state index < -0.39 is 71.4 Å². The van der Waals surface area contributed by atoms with E-state index in [1.165, 1.54) is 7.11 Å². The molecular formula is C34H56O10. The zero-order valence-electron chi connectivity index (χ0n) is 27.1. The molecule has 252 valence electrons. The van der Waals surface area contributed by atoms with Crippen molar-refractivity contribution in [1.82, 2.24) is 0 Å². The van der Waals surface area contributed by atoms with Crippen LogP contribution in [0.2, 0.25) is 0 Å². The smallest absolute Gasteiger partial charge is 0.187 e. The molecule has 3 saturated carbocycles. The fourth-order valence-corrected chi connectivity index (χ4v) is 10.1. The van der Waals surface area contributed by atoms with E-state index in [0.717, 1.165) is 12.0 Å². The van der Waals surface area contributed by atoms with Crippen LogP contribution in [0.5, 0.6) is 0 Å². The average molecular weight is 625 g/mol. The number of aliphatic hydroxyl groups is 7. The number of hydrogen-bond donors (Lipinski definition) is 7. The van der Waals surface area contributed by atoms with Crippen molar-refractivity contribution in [3.63, 3.8) is 0 Å². The lowest BCUT2D eigenvalue weighted by Gasteiger charge is -2.63. The van der Waals surface area contributed by atoms with Crippen LogP contribution in [0.15, 0.2) is 23.8 Å². The maximum Gasteiger partial charge on any atom is 0.187 e. The molecule has 0 aromatic heterocycles. The van der Waals surface area contributed by atoms with Gasteiger partial charge in [0.15, 0.2) is 6.29 Å². The number of aliphatic hydroxyl groups excluding tert-OH is 6. The van der Waals surface area contributed by atoms with Crippen molar-refractivity contribution >= 4 is 0 Å². The van der Waals surface area contributed by atoms with Gasteiger partial charge in [0.05, 0.1) is 36.6 Å². The largest absolute Gasteiger partial charge is 0.396 e. The van der Waals surface area contributed by atoms with Crippen LogP contribution in [-0.2, 0) is 14.2 Å². The van der Waals surface area contributed by atoms with Crippen molar-refractivity contribution in [2.45, 2.75) is 121 Å². The maximum absolute atomic E-state index is 12.6. The third kappa shape index (κ3) is 5.45. The molecule has 44 heavy (non-hydrogen) atoms. The predicted molar refractivity (Wildman–Crippen MR) is 162 cm³/mol. The lowest BCUT2D eigenvalue weighted by Crippen LogP contribution is -2.66. The van der Waals surface area contributed by atoms with E-state index in [-0.39, 0.29) is 49.2 Å². The van der Waals surface area contributed by atoms with E-state index in [1.807, 2.05) is 13.0 Å². The molecule has 10 nitrogen and oxygen atoms in total. The molecule has 7 N–H and O–H groups in total. The van der Waals surface area contributed by atoms with Crippen LogP contribution in [0.1, 0.15) is 66.7 Å². The van der Waals surface area contributed by atoms with Crippen LogP contribution in [0, 0.1) is 46.3 Å². The number of allylic oxidation sites excluding steroid dienone is 2. The summed E-state index contributed by atoms with van der Waals surface area (Å²) in [6, 6.07) is 0. The number of hydrogen-bond acceptors (Lipinski definition) is 10. The molecule has 1 aliphatic heterocycles. The van der Waals surface area contributed by atoms with Crippen molar-refractivity contribution in [2.75, 3.05) is 20.3 Å². The fourth-order valence-electron chi connectivity index (χ4n) is 10.1. The van der Waals surface area contributed by atoms with Crippen LogP contribution >= 0.6 is 0 Å². The lowest BCUT2D eigenvalue weighted by atomic mass is 9.43. The molecule has 17 atom stereocenters. The van der Waals surface area contributed by atoms with Gasteiger partial charge in [0, 0.05) is 26.1 Å². The number of fused-ring (bicyclic) bond motifs is 5. The van der Waals surface area contributed by atoms with Crippen molar-refractivity contribution in [3.05, 3.63) is 23.8 Å². The van der Waals surface area contributed by atoms with Gasteiger partial charge in [-0.15, -0.1) is 0 Å². The van der Waals surface area contributed by atoms with Gasteiger partial charge in [0.1, 0.15) is 18.3 Å². The van der Waals surface area contributed by atoms with Crippen LogP contribution < -0.4 is 0 Å². The molecule has 0 bridgehead atoms. The Hall–Kier alpha value is -0.920. The van der Waals surface area contributed by atoms with E-state index in [9.17, 15) is 35.7 Å². The summed E-state index contributed by atoms with van der Waals surface area (Å²) in [5.41, 5.74) is -1.65.